The molecule has 0 fully saturated rings. The van der Waals surface area contributed by atoms with E-state index < -0.39 is 0 Å². The van der Waals surface area contributed by atoms with E-state index in [2.05, 4.69) is 10.6 Å². The van der Waals surface area contributed by atoms with Crippen molar-refractivity contribution in [2.75, 3.05) is 26.8 Å². The highest BCUT2D eigenvalue weighted by Crippen LogP contribution is 2.02. The number of amides is 1. The van der Waals surface area contributed by atoms with Crippen molar-refractivity contribution in [3.8, 4) is 0 Å². The summed E-state index contributed by atoms with van der Waals surface area (Å²) in [5, 5.41) is 5.62. The predicted octanol–water partition coefficient (Wildman–Crippen LogP) is 1.10. The van der Waals surface area contributed by atoms with Crippen LogP contribution in [-0.2, 0) is 16.1 Å². The van der Waals surface area contributed by atoms with Gasteiger partial charge in [-0.1, -0.05) is 12.1 Å². The van der Waals surface area contributed by atoms with Crippen LogP contribution in [0.5, 0.6) is 0 Å². The first-order valence-corrected chi connectivity index (χ1v) is 5.43. The van der Waals surface area contributed by atoms with Gasteiger partial charge in [0, 0.05) is 20.2 Å². The van der Waals surface area contributed by atoms with Gasteiger partial charge in [0.25, 0.3) is 0 Å². The first kappa shape index (κ1) is 16.8. The van der Waals surface area contributed by atoms with E-state index >= 15 is 0 Å². The summed E-state index contributed by atoms with van der Waals surface area (Å²) in [7, 11) is 1.60. The summed E-state index contributed by atoms with van der Waals surface area (Å²) in [6.07, 6.45) is 0. The van der Waals surface area contributed by atoms with Gasteiger partial charge in [-0.15, -0.1) is 12.4 Å². The molecule has 4 nitrogen and oxygen atoms in total. The van der Waals surface area contributed by atoms with Crippen molar-refractivity contribution in [1.29, 1.82) is 0 Å². The summed E-state index contributed by atoms with van der Waals surface area (Å²) in [4.78, 5) is 11.4. The molecule has 6 heteroatoms. The Morgan fingerprint density at radius 2 is 2.22 bits per heavy atom. The monoisotopic (exact) mass is 276 g/mol. The first-order chi connectivity index (χ1) is 8.22. The molecule has 0 aliphatic heterocycles. The first-order valence-electron chi connectivity index (χ1n) is 5.43. The van der Waals surface area contributed by atoms with Crippen molar-refractivity contribution in [2.45, 2.75) is 6.54 Å². The number of carbonyl (C=O) groups is 1. The zero-order chi connectivity index (χ0) is 12.5. The molecule has 0 saturated carbocycles. The van der Waals surface area contributed by atoms with E-state index in [-0.39, 0.29) is 30.7 Å². The number of rotatable bonds is 7. The fourth-order valence-electron chi connectivity index (χ4n) is 1.29. The van der Waals surface area contributed by atoms with Gasteiger partial charge in [0.2, 0.25) is 5.91 Å². The maximum absolute atomic E-state index is 12.8. The van der Waals surface area contributed by atoms with E-state index in [1.165, 1.54) is 12.1 Å². The Balaban J connectivity index is 0.00000289. The lowest BCUT2D eigenvalue weighted by Gasteiger charge is -2.06. The third-order valence-electron chi connectivity index (χ3n) is 2.15. The van der Waals surface area contributed by atoms with Crippen LogP contribution in [0, 0.1) is 5.82 Å². The van der Waals surface area contributed by atoms with Crippen molar-refractivity contribution >= 4 is 18.3 Å². The van der Waals surface area contributed by atoms with Crippen LogP contribution in [-0.4, -0.2) is 32.7 Å². The Bertz CT molecular complexity index is 364. The van der Waals surface area contributed by atoms with Gasteiger partial charge in [-0.3, -0.25) is 4.79 Å². The molecule has 0 bridgehead atoms. The normalized spacial score (nSPS) is 9.67. The molecule has 18 heavy (non-hydrogen) atoms. The highest BCUT2D eigenvalue weighted by atomic mass is 35.5. The third kappa shape index (κ3) is 7.21. The molecular weight excluding hydrogens is 259 g/mol. The molecule has 0 aliphatic carbocycles. The lowest BCUT2D eigenvalue weighted by atomic mass is 10.2. The minimum atomic E-state index is -0.296. The van der Waals surface area contributed by atoms with Gasteiger partial charge in [-0.05, 0) is 17.7 Å². The maximum atomic E-state index is 12.8. The van der Waals surface area contributed by atoms with Crippen molar-refractivity contribution in [3.05, 3.63) is 35.6 Å². The summed E-state index contributed by atoms with van der Waals surface area (Å²) in [5.41, 5.74) is 0.746. The van der Waals surface area contributed by atoms with Crippen LogP contribution in [0.4, 0.5) is 4.39 Å². The average Bonchev–Trinajstić information content (AvgIpc) is 2.32. The number of nitrogens with one attached hydrogen (secondary N) is 2. The molecule has 1 rings (SSSR count). The molecule has 0 atom stereocenters. The number of benzene rings is 1. The molecule has 0 heterocycles. The van der Waals surface area contributed by atoms with Crippen LogP contribution in [0.3, 0.4) is 0 Å². The van der Waals surface area contributed by atoms with E-state index in [9.17, 15) is 9.18 Å². The molecule has 0 saturated heterocycles. The number of hydrogen-bond donors (Lipinski definition) is 2. The fraction of sp³-hybridized carbons (Fsp3) is 0.417. The van der Waals surface area contributed by atoms with E-state index in [1.807, 2.05) is 0 Å². The Kier molecular flexibility index (Phi) is 9.18. The largest absolute Gasteiger partial charge is 0.383 e. The van der Waals surface area contributed by atoms with Crippen molar-refractivity contribution < 1.29 is 13.9 Å². The van der Waals surface area contributed by atoms with Crippen LogP contribution >= 0.6 is 12.4 Å². The number of carbonyl (C=O) groups excluding carboxylic acids is 1. The SMILES string of the molecule is COCCNCC(=O)NCc1cccc(F)c1.Cl. The Morgan fingerprint density at radius 1 is 1.44 bits per heavy atom. The second kappa shape index (κ2) is 9.82. The van der Waals surface area contributed by atoms with E-state index in [0.29, 0.717) is 19.7 Å². The molecule has 2 N–H and O–H groups in total. The summed E-state index contributed by atoms with van der Waals surface area (Å²) >= 11 is 0. The Labute approximate surface area is 112 Å². The van der Waals surface area contributed by atoms with Gasteiger partial charge >= 0.3 is 0 Å². The molecule has 0 spiro atoms. The topological polar surface area (TPSA) is 50.4 Å². The van der Waals surface area contributed by atoms with E-state index in [4.69, 9.17) is 4.74 Å². The predicted molar refractivity (Wildman–Crippen MR) is 70.2 cm³/mol. The van der Waals surface area contributed by atoms with Crippen LogP contribution in [0.2, 0.25) is 0 Å². The fourth-order valence-corrected chi connectivity index (χ4v) is 1.29. The summed E-state index contributed by atoms with van der Waals surface area (Å²) < 4.78 is 17.7. The van der Waals surface area contributed by atoms with Crippen LogP contribution in [0.1, 0.15) is 5.56 Å². The van der Waals surface area contributed by atoms with Gasteiger partial charge in [0.05, 0.1) is 13.2 Å². The minimum absolute atomic E-state index is 0. The second-order valence-electron chi connectivity index (χ2n) is 3.58. The molecular formula is C12H18ClFN2O2. The maximum Gasteiger partial charge on any atom is 0.234 e. The lowest BCUT2D eigenvalue weighted by molar-refractivity contribution is -0.120. The standard InChI is InChI=1S/C12H17FN2O2.ClH/c1-17-6-5-14-9-12(16)15-8-10-3-2-4-11(13)7-10;/h2-4,7,14H,5-6,8-9H2,1H3,(H,15,16);1H. The van der Waals surface area contributed by atoms with Crippen LogP contribution in [0.25, 0.3) is 0 Å². The minimum Gasteiger partial charge on any atom is -0.383 e. The molecule has 0 aromatic heterocycles. The second-order valence-corrected chi connectivity index (χ2v) is 3.58. The zero-order valence-corrected chi connectivity index (χ0v) is 11.1. The number of hydrogen-bond acceptors (Lipinski definition) is 3. The summed E-state index contributed by atoms with van der Waals surface area (Å²) in [5.74, 6) is -0.416. The summed E-state index contributed by atoms with van der Waals surface area (Å²) in [6.45, 7) is 1.77. The quantitative estimate of drug-likeness (QED) is 0.734. The van der Waals surface area contributed by atoms with Gasteiger partial charge < -0.3 is 15.4 Å². The molecule has 0 aliphatic rings. The Morgan fingerprint density at radius 3 is 2.89 bits per heavy atom. The Hall–Kier alpha value is -1.17. The van der Waals surface area contributed by atoms with Crippen molar-refractivity contribution in [2.24, 2.45) is 0 Å². The van der Waals surface area contributed by atoms with Crippen molar-refractivity contribution in [3.63, 3.8) is 0 Å². The molecule has 1 aromatic carbocycles. The van der Waals surface area contributed by atoms with Crippen molar-refractivity contribution in [1.82, 2.24) is 10.6 Å². The van der Waals surface area contributed by atoms with Crippen LogP contribution < -0.4 is 10.6 Å². The molecule has 0 radical (unpaired) electrons. The summed E-state index contributed by atoms with van der Waals surface area (Å²) in [6, 6.07) is 6.16. The van der Waals surface area contributed by atoms with E-state index in [1.54, 1.807) is 19.2 Å². The van der Waals surface area contributed by atoms with Gasteiger partial charge in [-0.2, -0.15) is 0 Å². The van der Waals surface area contributed by atoms with E-state index in [0.717, 1.165) is 5.56 Å². The highest BCUT2D eigenvalue weighted by molar-refractivity contribution is 5.85. The number of methoxy groups -OCH3 is 1. The zero-order valence-electron chi connectivity index (χ0n) is 10.2. The molecule has 0 unspecified atom stereocenters. The molecule has 1 aromatic rings. The number of ether oxygens (including phenoxy) is 1. The molecule has 102 valence electrons. The number of halogens is 2. The average molecular weight is 277 g/mol. The van der Waals surface area contributed by atoms with Gasteiger partial charge in [0.15, 0.2) is 0 Å². The van der Waals surface area contributed by atoms with Crippen LogP contribution in [0.15, 0.2) is 24.3 Å². The third-order valence-corrected chi connectivity index (χ3v) is 2.15. The lowest BCUT2D eigenvalue weighted by Crippen LogP contribution is -2.34. The smallest absolute Gasteiger partial charge is 0.234 e. The van der Waals surface area contributed by atoms with Gasteiger partial charge in [-0.25, -0.2) is 4.39 Å². The van der Waals surface area contributed by atoms with Gasteiger partial charge in [0.1, 0.15) is 5.82 Å². The highest BCUT2D eigenvalue weighted by Gasteiger charge is 2.01. The molecule has 1 amide bonds.